The number of hydrogen-bond acceptors (Lipinski definition) is 14. The number of carbonyl (C=O) groups is 4. The highest BCUT2D eigenvalue weighted by Crippen LogP contribution is 2.54. The highest BCUT2D eigenvalue weighted by molar-refractivity contribution is 5.92. The Bertz CT molecular complexity index is 1970. The van der Waals surface area contributed by atoms with Crippen LogP contribution in [-0.4, -0.2) is 158 Å². The van der Waals surface area contributed by atoms with Gasteiger partial charge in [0.15, 0.2) is 5.79 Å². The second-order valence-corrected chi connectivity index (χ2v) is 23.2. The average molecular weight is 1010 g/mol. The molecule has 404 valence electrons. The molecule has 10 aliphatic heterocycles. The predicted molar refractivity (Wildman–Crippen MR) is 263 cm³/mol. The van der Waals surface area contributed by atoms with E-state index in [0.29, 0.717) is 51.4 Å². The van der Waals surface area contributed by atoms with Gasteiger partial charge >= 0.3 is 0 Å². The number of hydrogen-bond donors (Lipinski definition) is 4. The molecule has 17 nitrogen and oxygen atoms in total. The summed E-state index contributed by atoms with van der Waals surface area (Å²) in [6.45, 7) is 18.7. The minimum absolute atomic E-state index is 0.00118. The second-order valence-electron chi connectivity index (χ2n) is 23.2. The van der Waals surface area contributed by atoms with Crippen LogP contribution in [0.5, 0.6) is 0 Å². The molecule has 0 radical (unpaired) electrons. The third kappa shape index (κ3) is 11.8. The number of aliphatic hydroxyl groups is 1. The van der Waals surface area contributed by atoms with Gasteiger partial charge in [-0.05, 0) is 80.8 Å². The van der Waals surface area contributed by atoms with Crippen molar-refractivity contribution in [3.05, 3.63) is 24.3 Å². The van der Waals surface area contributed by atoms with Gasteiger partial charge in [-0.25, -0.2) is 0 Å². The van der Waals surface area contributed by atoms with Crippen molar-refractivity contribution in [2.24, 2.45) is 17.8 Å². The molecule has 3 unspecified atom stereocenters. The monoisotopic (exact) mass is 1010 g/mol. The fourth-order valence-electron chi connectivity index (χ4n) is 13.6. The lowest BCUT2D eigenvalue weighted by Crippen LogP contribution is -2.61. The van der Waals surface area contributed by atoms with Crippen molar-refractivity contribution in [1.82, 2.24) is 16.0 Å². The summed E-state index contributed by atoms with van der Waals surface area (Å²) in [4.78, 5) is 54.2. The molecule has 0 saturated carbocycles. The van der Waals surface area contributed by atoms with E-state index in [1.54, 1.807) is 7.11 Å². The van der Waals surface area contributed by atoms with Crippen LogP contribution in [0, 0.1) is 17.8 Å². The summed E-state index contributed by atoms with van der Waals surface area (Å²) in [5.74, 6) is -2.24. The van der Waals surface area contributed by atoms with Crippen LogP contribution in [0.25, 0.3) is 0 Å². The molecule has 0 aromatic rings. The van der Waals surface area contributed by atoms with Crippen LogP contribution >= 0.6 is 0 Å². The Morgan fingerprint density at radius 1 is 0.778 bits per heavy atom. The van der Waals surface area contributed by atoms with Crippen LogP contribution in [0.3, 0.4) is 0 Å². The van der Waals surface area contributed by atoms with Gasteiger partial charge in [0, 0.05) is 64.5 Å². The number of Topliss-reactive ketones (excluding diaryl/α,β-unsaturated/α-hetero) is 1. The van der Waals surface area contributed by atoms with E-state index < -0.39 is 66.3 Å². The number of aliphatic hydroxyl groups excluding tert-OH is 1. The van der Waals surface area contributed by atoms with E-state index in [1.165, 1.54) is 0 Å². The second kappa shape index (κ2) is 23.2. The Morgan fingerprint density at radius 2 is 1.51 bits per heavy atom. The zero-order chi connectivity index (χ0) is 51.0. The Hall–Kier alpha value is -2.84. The molecule has 10 aliphatic rings. The molecule has 0 aromatic carbocycles. The maximum Gasteiger partial charge on any atom is 0.243 e. The summed E-state index contributed by atoms with van der Waals surface area (Å²) in [5, 5.41) is 20.2. The van der Waals surface area contributed by atoms with Gasteiger partial charge in [0.2, 0.25) is 17.7 Å². The predicted octanol–water partition coefficient (Wildman–Crippen LogP) is 5.21. The smallest absolute Gasteiger partial charge is 0.243 e. The molecule has 21 atom stereocenters. The van der Waals surface area contributed by atoms with Crippen LogP contribution in [0.15, 0.2) is 24.3 Å². The van der Waals surface area contributed by atoms with Crippen LogP contribution in [-0.2, 0) is 61.8 Å². The van der Waals surface area contributed by atoms with Gasteiger partial charge < -0.3 is 63.7 Å². The Balaban J connectivity index is 0.901. The summed E-state index contributed by atoms with van der Waals surface area (Å²) in [7, 11) is 1.61. The number of rotatable bonds is 15. The number of amides is 3. The van der Waals surface area contributed by atoms with Crippen molar-refractivity contribution in [3.63, 3.8) is 0 Å². The molecule has 1 spiro atoms. The molecule has 0 aromatic heterocycles. The normalized spacial score (nSPS) is 41.8. The zero-order valence-corrected chi connectivity index (χ0v) is 43.7. The van der Waals surface area contributed by atoms with Crippen molar-refractivity contribution in [3.8, 4) is 0 Å². The van der Waals surface area contributed by atoms with Gasteiger partial charge in [0.05, 0.1) is 67.1 Å². The molecule has 12 bridgehead atoms. The van der Waals surface area contributed by atoms with E-state index >= 15 is 0 Å². The fourth-order valence-corrected chi connectivity index (χ4v) is 13.6. The van der Waals surface area contributed by atoms with Gasteiger partial charge in [0.25, 0.3) is 0 Å². The molecule has 3 amide bonds. The van der Waals surface area contributed by atoms with E-state index in [1.807, 2.05) is 27.7 Å². The molecule has 10 fully saturated rings. The third-order valence-electron chi connectivity index (χ3n) is 17.4. The molecule has 17 heteroatoms. The van der Waals surface area contributed by atoms with E-state index in [-0.39, 0.29) is 116 Å². The maximum atomic E-state index is 14.5. The molecule has 4 N–H and O–H groups in total. The first-order valence-electron chi connectivity index (χ1n) is 27.8. The van der Waals surface area contributed by atoms with Crippen molar-refractivity contribution in [2.75, 3.05) is 13.7 Å². The number of carbonyl (C=O) groups excluding carboxylic acids is 4. The number of nitrogens with one attached hydrogen (secondary N) is 3. The van der Waals surface area contributed by atoms with Gasteiger partial charge in [-0.15, -0.1) is 0 Å². The minimum atomic E-state index is -1.04. The zero-order valence-electron chi connectivity index (χ0n) is 43.7. The highest BCUT2D eigenvalue weighted by Gasteiger charge is 2.69. The van der Waals surface area contributed by atoms with E-state index in [4.69, 9.17) is 42.6 Å². The van der Waals surface area contributed by atoms with Gasteiger partial charge in [-0.1, -0.05) is 60.6 Å². The van der Waals surface area contributed by atoms with E-state index in [9.17, 15) is 24.3 Å². The van der Waals surface area contributed by atoms with Crippen molar-refractivity contribution in [1.29, 1.82) is 0 Å². The molecule has 72 heavy (non-hydrogen) atoms. The molecular weight excluding hydrogens is 927 g/mol. The number of unbranched alkanes of at least 4 members (excludes halogenated alkanes) is 1. The van der Waals surface area contributed by atoms with Crippen LogP contribution in [0.4, 0.5) is 0 Å². The first-order chi connectivity index (χ1) is 34.5. The summed E-state index contributed by atoms with van der Waals surface area (Å²) in [6, 6.07) is -1.65. The summed E-state index contributed by atoms with van der Waals surface area (Å²) < 4.78 is 60.8. The quantitative estimate of drug-likeness (QED) is 0.156. The van der Waals surface area contributed by atoms with Crippen molar-refractivity contribution < 1.29 is 66.9 Å². The molecule has 0 aliphatic carbocycles. The standard InChI is InChI=1S/C55H85N3O14/c1-9-11-13-38(57-54(63)46(28(3)4)58-45(61)12-10-2)53(62)56-27-33(60)24-43-47(64-8)37-23-32(59)22-35-15-17-40-48(67-35)52-51-50(69-40)49-44(70-51)26-55(71-49,72-52)19-18-36-21-30(6)39(65-36)16-14-34-20-29(5)31(7)41(66-34)25-42(37)68-43/h28-29,33-44,46-52,60H,6-7,9-27H2,1-5,8H3,(H,56,62)(H,57,63)(H,58,61)/t29-,33+,34+,35-,36+,37+,38+,39+,40+,41-,42+,43-,44?,46+,47-,48+,49+,50?,51?,52+,55+/m1/s1. The third-order valence-corrected chi connectivity index (χ3v) is 17.4. The Morgan fingerprint density at radius 3 is 2.28 bits per heavy atom. The maximum absolute atomic E-state index is 14.5. The lowest BCUT2D eigenvalue weighted by atomic mass is 9.81. The van der Waals surface area contributed by atoms with E-state index in [2.05, 4.69) is 36.0 Å². The first kappa shape index (κ1) is 54.0. The Kier molecular flexibility index (Phi) is 17.4. The minimum Gasteiger partial charge on any atom is -0.391 e. The van der Waals surface area contributed by atoms with Crippen LogP contribution in [0.1, 0.15) is 150 Å². The highest BCUT2D eigenvalue weighted by atomic mass is 16.8. The molecular formula is C55H85N3O14. The Labute approximate surface area is 426 Å². The summed E-state index contributed by atoms with van der Waals surface area (Å²) in [6.07, 6.45) is 5.10. The lowest BCUT2D eigenvalue weighted by molar-refractivity contribution is -0.292. The number of ketones is 1. The molecule has 10 rings (SSSR count). The lowest BCUT2D eigenvalue weighted by Gasteiger charge is -2.47. The fraction of sp³-hybridized carbons (Fsp3) is 0.855. The summed E-state index contributed by atoms with van der Waals surface area (Å²) in [5.41, 5.74) is 2.09. The number of fused-ring (bicyclic) bond motifs is 6. The summed E-state index contributed by atoms with van der Waals surface area (Å²) >= 11 is 0. The first-order valence-corrected chi connectivity index (χ1v) is 27.8. The number of methoxy groups -OCH3 is 1. The van der Waals surface area contributed by atoms with Gasteiger partial charge in [-0.3, -0.25) is 19.2 Å². The van der Waals surface area contributed by atoms with Crippen molar-refractivity contribution in [2.45, 2.75) is 266 Å². The largest absolute Gasteiger partial charge is 0.391 e. The van der Waals surface area contributed by atoms with Crippen LogP contribution < -0.4 is 16.0 Å². The SMILES string of the molecule is C=C1C[C@@H]2CC[C@@]34CC5OC6C(O[C@H]7CC[C@H](CC(=O)C[C@@H]8[C@@H](OC)[C@@H](C[C@H](O)CNC(=O)[C@H](CCCC)NC(=O)[C@@H](NC(=O)CCC)C(C)C)O[C@H]8C[C@H]8O[C@@H](CC[C@@H]1O2)C[C@@H](C)C8=C)O[C@@H]7[C@@H]6O3)[C@H]5O4. The van der Waals surface area contributed by atoms with Gasteiger partial charge in [-0.2, -0.15) is 0 Å². The molecule has 10 heterocycles. The van der Waals surface area contributed by atoms with Gasteiger partial charge in [0.1, 0.15) is 48.4 Å². The van der Waals surface area contributed by atoms with E-state index in [0.717, 1.165) is 56.1 Å². The topological polar surface area (TPSA) is 208 Å². The van der Waals surface area contributed by atoms with Crippen LogP contribution in [0.2, 0.25) is 0 Å². The molecule has 10 saturated heterocycles. The average Bonchev–Trinajstić information content (AvgIpc) is 4.02. The number of ether oxygens (including phenoxy) is 9. The van der Waals surface area contributed by atoms with Crippen molar-refractivity contribution >= 4 is 23.5 Å².